The molecule has 0 saturated heterocycles. The number of anilines is 1. The van der Waals surface area contributed by atoms with Crippen molar-refractivity contribution in [3.05, 3.63) is 90.0 Å². The molecule has 0 aliphatic heterocycles. The minimum absolute atomic E-state index is 0.0841. The largest absolute Gasteiger partial charge is 0.496 e. The molecule has 30 heavy (non-hydrogen) atoms. The number of amides is 2. The van der Waals surface area contributed by atoms with Crippen LogP contribution in [0.4, 0.5) is 10.5 Å². The molecule has 2 amide bonds. The molecule has 0 aliphatic carbocycles. The van der Waals surface area contributed by atoms with E-state index in [4.69, 9.17) is 4.74 Å². The van der Waals surface area contributed by atoms with Crippen LogP contribution in [-0.4, -0.2) is 28.6 Å². The van der Waals surface area contributed by atoms with E-state index in [0.29, 0.717) is 17.0 Å². The Bertz CT molecular complexity index is 1100. The molecule has 0 fully saturated rings. The molecule has 1 atom stereocenters. The van der Waals surface area contributed by atoms with Crippen LogP contribution >= 0.6 is 0 Å². The lowest BCUT2D eigenvalue weighted by Crippen LogP contribution is -2.30. The van der Waals surface area contributed by atoms with Crippen molar-refractivity contribution in [2.75, 3.05) is 19.5 Å². The third kappa shape index (κ3) is 4.97. The molecule has 0 saturated carbocycles. The van der Waals surface area contributed by atoms with Crippen LogP contribution in [-0.2, 0) is 10.0 Å². The van der Waals surface area contributed by atoms with Crippen LogP contribution in [0.2, 0.25) is 0 Å². The Kier molecular flexibility index (Phi) is 6.71. The maximum Gasteiger partial charge on any atom is 0.318 e. The maximum absolute atomic E-state index is 13.1. The second-order valence-electron chi connectivity index (χ2n) is 6.44. The van der Waals surface area contributed by atoms with Crippen molar-refractivity contribution in [3.8, 4) is 5.75 Å². The quantitative estimate of drug-likeness (QED) is 0.540. The van der Waals surface area contributed by atoms with Gasteiger partial charge in [0, 0.05) is 18.3 Å². The van der Waals surface area contributed by atoms with E-state index in [2.05, 4.69) is 15.4 Å². The van der Waals surface area contributed by atoms with E-state index in [-0.39, 0.29) is 10.9 Å². The standard InChI is InChI=1S/C22H23N3O4S/c1-23-22(26)24-17-12-14-18(15-13-17)30(27,28)25-21(16-8-4-3-5-9-16)19-10-6-7-11-20(19)29-2/h3-15,21,25H,1-2H3,(H2,23,24,26). The number of urea groups is 1. The van der Waals surface area contributed by atoms with E-state index in [9.17, 15) is 13.2 Å². The van der Waals surface area contributed by atoms with Crippen molar-refractivity contribution in [2.45, 2.75) is 10.9 Å². The highest BCUT2D eigenvalue weighted by atomic mass is 32.2. The van der Waals surface area contributed by atoms with Gasteiger partial charge < -0.3 is 15.4 Å². The molecule has 0 heterocycles. The second-order valence-corrected chi connectivity index (χ2v) is 8.15. The summed E-state index contributed by atoms with van der Waals surface area (Å²) in [6, 6.07) is 21.5. The highest BCUT2D eigenvalue weighted by Crippen LogP contribution is 2.31. The van der Waals surface area contributed by atoms with E-state index < -0.39 is 16.1 Å². The first-order valence-electron chi connectivity index (χ1n) is 9.23. The summed E-state index contributed by atoms with van der Waals surface area (Å²) < 4.78 is 34.5. The summed E-state index contributed by atoms with van der Waals surface area (Å²) in [6.45, 7) is 0. The summed E-state index contributed by atoms with van der Waals surface area (Å²) >= 11 is 0. The van der Waals surface area contributed by atoms with Gasteiger partial charge in [0.15, 0.2) is 0 Å². The molecule has 0 aliphatic rings. The number of carbonyl (C=O) groups excluding carboxylic acids is 1. The first kappa shape index (κ1) is 21.4. The fraction of sp³-hybridized carbons (Fsp3) is 0.136. The van der Waals surface area contributed by atoms with Gasteiger partial charge in [0.1, 0.15) is 5.75 Å². The van der Waals surface area contributed by atoms with Crippen molar-refractivity contribution in [2.24, 2.45) is 0 Å². The molecule has 0 aromatic heterocycles. The molecule has 3 aromatic carbocycles. The monoisotopic (exact) mass is 425 g/mol. The summed E-state index contributed by atoms with van der Waals surface area (Å²) in [5, 5.41) is 5.04. The third-order valence-corrected chi connectivity index (χ3v) is 5.94. The van der Waals surface area contributed by atoms with Crippen molar-refractivity contribution in [1.82, 2.24) is 10.0 Å². The predicted octanol–water partition coefficient (Wildman–Crippen LogP) is 3.51. The van der Waals surface area contributed by atoms with Gasteiger partial charge in [0.2, 0.25) is 10.0 Å². The highest BCUT2D eigenvalue weighted by molar-refractivity contribution is 7.89. The molecule has 0 radical (unpaired) electrons. The second kappa shape index (κ2) is 9.43. The Morgan fingerprint density at radius 1 is 0.900 bits per heavy atom. The van der Waals surface area contributed by atoms with Crippen LogP contribution in [0.3, 0.4) is 0 Å². The van der Waals surface area contributed by atoms with E-state index in [0.717, 1.165) is 5.56 Å². The molecule has 7 nitrogen and oxygen atoms in total. The fourth-order valence-electron chi connectivity index (χ4n) is 3.00. The highest BCUT2D eigenvalue weighted by Gasteiger charge is 2.25. The van der Waals surface area contributed by atoms with Crippen LogP contribution in [0.5, 0.6) is 5.75 Å². The number of ether oxygens (including phenoxy) is 1. The van der Waals surface area contributed by atoms with Gasteiger partial charge in [-0.3, -0.25) is 0 Å². The van der Waals surface area contributed by atoms with Crippen molar-refractivity contribution in [3.63, 3.8) is 0 Å². The Morgan fingerprint density at radius 2 is 1.53 bits per heavy atom. The van der Waals surface area contributed by atoms with Crippen LogP contribution in [0.25, 0.3) is 0 Å². The van der Waals surface area contributed by atoms with Crippen molar-refractivity contribution in [1.29, 1.82) is 0 Å². The Balaban J connectivity index is 1.95. The van der Waals surface area contributed by atoms with Gasteiger partial charge in [-0.25, -0.2) is 13.2 Å². The number of nitrogens with one attached hydrogen (secondary N) is 3. The van der Waals surface area contributed by atoms with Crippen LogP contribution in [0, 0.1) is 0 Å². The number of hydrogen-bond acceptors (Lipinski definition) is 4. The number of sulfonamides is 1. The van der Waals surface area contributed by atoms with Crippen LogP contribution < -0.4 is 20.1 Å². The van der Waals surface area contributed by atoms with Gasteiger partial charge in [0.05, 0.1) is 18.0 Å². The Labute approximate surface area is 176 Å². The molecule has 156 valence electrons. The molecular formula is C22H23N3O4S. The zero-order chi connectivity index (χ0) is 21.6. The number of carbonyl (C=O) groups is 1. The number of benzene rings is 3. The lowest BCUT2D eigenvalue weighted by atomic mass is 9.99. The van der Waals surface area contributed by atoms with Crippen molar-refractivity contribution < 1.29 is 17.9 Å². The first-order chi connectivity index (χ1) is 14.4. The van der Waals surface area contributed by atoms with Gasteiger partial charge >= 0.3 is 6.03 Å². The van der Waals surface area contributed by atoms with Gasteiger partial charge in [-0.1, -0.05) is 48.5 Å². The van der Waals surface area contributed by atoms with Gasteiger partial charge in [-0.2, -0.15) is 4.72 Å². The predicted molar refractivity (Wildman–Crippen MR) is 116 cm³/mol. The molecule has 1 unspecified atom stereocenters. The maximum atomic E-state index is 13.1. The zero-order valence-electron chi connectivity index (χ0n) is 16.6. The van der Waals surface area contributed by atoms with Crippen LogP contribution in [0.15, 0.2) is 83.8 Å². The van der Waals surface area contributed by atoms with E-state index in [1.165, 1.54) is 31.3 Å². The Morgan fingerprint density at radius 3 is 2.17 bits per heavy atom. The average molecular weight is 426 g/mol. The summed E-state index contributed by atoms with van der Waals surface area (Å²) in [5.41, 5.74) is 1.97. The Hall–Kier alpha value is -3.36. The lowest BCUT2D eigenvalue weighted by Gasteiger charge is -2.22. The molecular weight excluding hydrogens is 402 g/mol. The summed E-state index contributed by atoms with van der Waals surface area (Å²) in [4.78, 5) is 11.5. The van der Waals surface area contributed by atoms with E-state index >= 15 is 0 Å². The lowest BCUT2D eigenvalue weighted by molar-refractivity contribution is 0.254. The number of hydrogen-bond donors (Lipinski definition) is 3. The molecule has 3 N–H and O–H groups in total. The van der Waals surface area contributed by atoms with Gasteiger partial charge in [-0.05, 0) is 35.9 Å². The van der Waals surface area contributed by atoms with Gasteiger partial charge in [0.25, 0.3) is 0 Å². The number of rotatable bonds is 7. The van der Waals surface area contributed by atoms with E-state index in [1.54, 1.807) is 13.2 Å². The molecule has 3 rings (SSSR count). The summed E-state index contributed by atoms with van der Waals surface area (Å²) in [6.07, 6.45) is 0. The normalized spacial score (nSPS) is 12.1. The van der Waals surface area contributed by atoms with Gasteiger partial charge in [-0.15, -0.1) is 0 Å². The average Bonchev–Trinajstić information content (AvgIpc) is 2.78. The molecule has 0 spiro atoms. The third-order valence-electron chi connectivity index (χ3n) is 4.51. The smallest absolute Gasteiger partial charge is 0.318 e. The van der Waals surface area contributed by atoms with E-state index in [1.807, 2.05) is 48.5 Å². The van der Waals surface area contributed by atoms with Crippen molar-refractivity contribution >= 4 is 21.7 Å². The number of para-hydroxylation sites is 1. The summed E-state index contributed by atoms with van der Waals surface area (Å²) in [7, 11) is -0.817. The minimum Gasteiger partial charge on any atom is -0.496 e. The molecule has 8 heteroatoms. The molecule has 3 aromatic rings. The minimum atomic E-state index is -3.87. The first-order valence-corrected chi connectivity index (χ1v) is 10.7. The zero-order valence-corrected chi connectivity index (χ0v) is 17.4. The topological polar surface area (TPSA) is 96.5 Å². The summed E-state index contributed by atoms with van der Waals surface area (Å²) in [5.74, 6) is 0.583. The molecule has 0 bridgehead atoms. The fourth-order valence-corrected chi connectivity index (χ4v) is 4.20. The van der Waals surface area contributed by atoms with Crippen LogP contribution in [0.1, 0.15) is 17.2 Å². The SMILES string of the molecule is CNC(=O)Nc1ccc(S(=O)(=O)NC(c2ccccc2)c2ccccc2OC)cc1. The number of methoxy groups -OCH3 is 1.